The number of aliphatic hydroxyl groups is 1. The normalized spacial score (nSPS) is 11.3. The maximum Gasteiger partial charge on any atom is 0.328 e. The van der Waals surface area contributed by atoms with Crippen LogP contribution in [-0.4, -0.2) is 66.2 Å². The maximum absolute atomic E-state index is 11.2. The Morgan fingerprint density at radius 1 is 1.00 bits per heavy atom. The lowest BCUT2D eigenvalue weighted by Gasteiger charge is -2.12. The van der Waals surface area contributed by atoms with E-state index in [0.29, 0.717) is 0 Å². The summed E-state index contributed by atoms with van der Waals surface area (Å²) in [6, 6.07) is -1.43. The van der Waals surface area contributed by atoms with Gasteiger partial charge in [0.25, 0.3) is 0 Å². The molecule has 3 amide bonds. The van der Waals surface area contributed by atoms with Crippen molar-refractivity contribution in [2.24, 2.45) is 5.73 Å². The van der Waals surface area contributed by atoms with Crippen molar-refractivity contribution in [2.45, 2.75) is 6.04 Å². The van der Waals surface area contributed by atoms with Gasteiger partial charge in [-0.15, -0.1) is 0 Å². The highest BCUT2D eigenvalue weighted by Gasteiger charge is 2.18. The van der Waals surface area contributed by atoms with E-state index < -0.39 is 42.9 Å². The summed E-state index contributed by atoms with van der Waals surface area (Å²) in [5.74, 6) is -3.32. The summed E-state index contributed by atoms with van der Waals surface area (Å²) in [4.78, 5) is 43.6. The zero-order chi connectivity index (χ0) is 14.8. The lowest BCUT2D eigenvalue weighted by molar-refractivity contribution is -0.142. The van der Waals surface area contributed by atoms with Crippen LogP contribution in [0.5, 0.6) is 0 Å². The van der Waals surface area contributed by atoms with E-state index in [9.17, 15) is 19.2 Å². The van der Waals surface area contributed by atoms with Gasteiger partial charge in [-0.3, -0.25) is 14.4 Å². The Labute approximate surface area is 108 Å². The van der Waals surface area contributed by atoms with Crippen molar-refractivity contribution in [1.29, 1.82) is 0 Å². The van der Waals surface area contributed by atoms with E-state index in [-0.39, 0.29) is 13.1 Å². The number of carboxylic acids is 1. The minimum atomic E-state index is -1.43. The van der Waals surface area contributed by atoms with Gasteiger partial charge in [-0.2, -0.15) is 0 Å². The molecule has 1 unspecified atom stereocenters. The number of aliphatic carboxylic acids is 1. The molecule has 1 atom stereocenters. The van der Waals surface area contributed by atoms with Crippen LogP contribution in [0.2, 0.25) is 0 Å². The average Bonchev–Trinajstić information content (AvgIpc) is 2.39. The Bertz CT molecular complexity index is 359. The molecule has 0 radical (unpaired) electrons. The SMILES string of the molecule is NCC(=O)NCC(=O)NCC(=O)NC(CO)C(=O)O. The molecule has 108 valence electrons. The van der Waals surface area contributed by atoms with Gasteiger partial charge in [-0.25, -0.2) is 4.79 Å². The summed E-state index contributed by atoms with van der Waals surface area (Å²) in [6.45, 7) is -1.83. The first-order valence-electron chi connectivity index (χ1n) is 5.27. The van der Waals surface area contributed by atoms with Crippen LogP contribution in [-0.2, 0) is 19.2 Å². The third-order valence-corrected chi connectivity index (χ3v) is 1.89. The molecule has 0 aliphatic heterocycles. The number of rotatable bonds is 8. The van der Waals surface area contributed by atoms with Crippen molar-refractivity contribution in [3.8, 4) is 0 Å². The summed E-state index contributed by atoms with van der Waals surface area (Å²) >= 11 is 0. The zero-order valence-electron chi connectivity index (χ0n) is 10.0. The first-order chi connectivity index (χ1) is 8.90. The highest BCUT2D eigenvalue weighted by Crippen LogP contribution is 1.81. The van der Waals surface area contributed by atoms with Gasteiger partial charge in [0.05, 0.1) is 26.2 Å². The van der Waals surface area contributed by atoms with Gasteiger partial charge in [0, 0.05) is 0 Å². The van der Waals surface area contributed by atoms with Crippen molar-refractivity contribution < 1.29 is 29.4 Å². The number of carbonyl (C=O) groups is 4. The molecule has 0 aromatic rings. The maximum atomic E-state index is 11.2. The van der Waals surface area contributed by atoms with Crippen LogP contribution < -0.4 is 21.7 Å². The van der Waals surface area contributed by atoms with Crippen molar-refractivity contribution in [3.05, 3.63) is 0 Å². The molecule has 0 heterocycles. The van der Waals surface area contributed by atoms with Gasteiger partial charge >= 0.3 is 5.97 Å². The number of hydrogen-bond donors (Lipinski definition) is 6. The molecule has 0 saturated heterocycles. The molecule has 0 aliphatic rings. The van der Waals surface area contributed by atoms with E-state index in [1.807, 2.05) is 5.32 Å². The fraction of sp³-hybridized carbons (Fsp3) is 0.556. The second-order valence-corrected chi connectivity index (χ2v) is 3.40. The number of hydrogen-bond acceptors (Lipinski definition) is 6. The standard InChI is InChI=1S/C9H16N4O6/c10-1-6(15)11-2-7(16)12-3-8(17)13-5(4-14)9(18)19/h5,14H,1-4,10H2,(H,11,15)(H,12,16)(H,13,17)(H,18,19). The van der Waals surface area contributed by atoms with Gasteiger partial charge in [0.2, 0.25) is 17.7 Å². The molecule has 10 heteroatoms. The lowest BCUT2D eigenvalue weighted by Crippen LogP contribution is -2.48. The Morgan fingerprint density at radius 3 is 2.00 bits per heavy atom. The number of carboxylic acid groups (broad SMARTS) is 1. The van der Waals surface area contributed by atoms with Crippen molar-refractivity contribution in [3.63, 3.8) is 0 Å². The minimum Gasteiger partial charge on any atom is -0.480 e. The highest BCUT2D eigenvalue weighted by atomic mass is 16.4. The summed E-state index contributed by atoms with van der Waals surface area (Å²) in [5.41, 5.74) is 4.99. The molecule has 0 spiro atoms. The van der Waals surface area contributed by atoms with Crippen LogP contribution >= 0.6 is 0 Å². The van der Waals surface area contributed by atoms with E-state index in [1.54, 1.807) is 0 Å². The van der Waals surface area contributed by atoms with E-state index in [1.165, 1.54) is 0 Å². The van der Waals surface area contributed by atoms with Gasteiger partial charge in [0.1, 0.15) is 6.04 Å². The topological polar surface area (TPSA) is 171 Å². The highest BCUT2D eigenvalue weighted by molar-refractivity contribution is 5.90. The van der Waals surface area contributed by atoms with Crippen molar-refractivity contribution in [1.82, 2.24) is 16.0 Å². The first-order valence-corrected chi connectivity index (χ1v) is 5.27. The predicted molar refractivity (Wildman–Crippen MR) is 61.7 cm³/mol. The monoisotopic (exact) mass is 276 g/mol. The third-order valence-electron chi connectivity index (χ3n) is 1.89. The van der Waals surface area contributed by atoms with Crippen LogP contribution in [0.1, 0.15) is 0 Å². The number of nitrogens with one attached hydrogen (secondary N) is 3. The largest absolute Gasteiger partial charge is 0.480 e. The molecule has 19 heavy (non-hydrogen) atoms. The number of nitrogens with two attached hydrogens (primary N) is 1. The summed E-state index contributed by atoms with van der Waals surface area (Å²) in [6.07, 6.45) is 0. The summed E-state index contributed by atoms with van der Waals surface area (Å²) < 4.78 is 0. The van der Waals surface area contributed by atoms with Crippen LogP contribution in [0.4, 0.5) is 0 Å². The number of amides is 3. The Balaban J connectivity index is 3.92. The van der Waals surface area contributed by atoms with Gasteiger partial charge < -0.3 is 31.9 Å². The average molecular weight is 276 g/mol. The van der Waals surface area contributed by atoms with Crippen molar-refractivity contribution in [2.75, 3.05) is 26.2 Å². The molecule has 10 nitrogen and oxygen atoms in total. The lowest BCUT2D eigenvalue weighted by atomic mass is 10.3. The van der Waals surface area contributed by atoms with Crippen LogP contribution in [0.3, 0.4) is 0 Å². The Morgan fingerprint density at radius 2 is 1.53 bits per heavy atom. The second kappa shape index (κ2) is 8.83. The predicted octanol–water partition coefficient (Wildman–Crippen LogP) is -4.26. The summed E-state index contributed by atoms with van der Waals surface area (Å²) in [5, 5.41) is 23.5. The van der Waals surface area contributed by atoms with Crippen LogP contribution in [0, 0.1) is 0 Å². The van der Waals surface area contributed by atoms with Crippen molar-refractivity contribution >= 4 is 23.7 Å². The Kier molecular flexibility index (Phi) is 7.81. The number of carbonyl (C=O) groups excluding carboxylic acids is 3. The van der Waals surface area contributed by atoms with E-state index in [0.717, 1.165) is 0 Å². The minimum absolute atomic E-state index is 0.259. The molecule has 0 aromatic carbocycles. The second-order valence-electron chi connectivity index (χ2n) is 3.40. The van der Waals surface area contributed by atoms with Gasteiger partial charge in [-0.05, 0) is 0 Å². The van der Waals surface area contributed by atoms with Gasteiger partial charge in [-0.1, -0.05) is 0 Å². The third kappa shape index (κ3) is 7.68. The molecular weight excluding hydrogens is 260 g/mol. The smallest absolute Gasteiger partial charge is 0.328 e. The van der Waals surface area contributed by atoms with E-state index in [2.05, 4.69) is 10.6 Å². The summed E-state index contributed by atoms with van der Waals surface area (Å²) in [7, 11) is 0. The molecule has 0 aliphatic carbocycles. The molecule has 0 fully saturated rings. The molecule has 7 N–H and O–H groups in total. The molecule has 0 bridgehead atoms. The van der Waals surface area contributed by atoms with Gasteiger partial charge in [0.15, 0.2) is 0 Å². The van der Waals surface area contributed by atoms with E-state index >= 15 is 0 Å². The fourth-order valence-electron chi connectivity index (χ4n) is 0.923. The fourth-order valence-corrected chi connectivity index (χ4v) is 0.923. The van der Waals surface area contributed by atoms with Crippen LogP contribution in [0.15, 0.2) is 0 Å². The quantitative estimate of drug-likeness (QED) is 0.260. The molecule has 0 saturated carbocycles. The van der Waals surface area contributed by atoms with E-state index in [4.69, 9.17) is 15.9 Å². The molecular formula is C9H16N4O6. The number of aliphatic hydroxyl groups excluding tert-OH is 1. The Hall–Kier alpha value is -2.20. The van der Waals surface area contributed by atoms with Crippen LogP contribution in [0.25, 0.3) is 0 Å². The molecule has 0 aromatic heterocycles. The zero-order valence-corrected chi connectivity index (χ0v) is 10.0. The first kappa shape index (κ1) is 16.8. The molecule has 0 rings (SSSR count).